The zero-order chi connectivity index (χ0) is 14.2. The third kappa shape index (κ3) is 4.16. The van der Waals surface area contributed by atoms with Crippen molar-refractivity contribution in [2.24, 2.45) is 0 Å². The van der Waals surface area contributed by atoms with Gasteiger partial charge in [0.05, 0.1) is 7.11 Å². The first kappa shape index (κ1) is 15.2. The van der Waals surface area contributed by atoms with Gasteiger partial charge in [-0.1, -0.05) is 0 Å². The van der Waals surface area contributed by atoms with E-state index in [2.05, 4.69) is 46.6 Å². The SMILES string of the molecule is COc1ccc2[nH]cc(CCNCCNCCS)c2c1. The summed E-state index contributed by atoms with van der Waals surface area (Å²) in [6, 6.07) is 6.13. The Bertz CT molecular complexity index is 527. The summed E-state index contributed by atoms with van der Waals surface area (Å²) >= 11 is 4.16. The summed E-state index contributed by atoms with van der Waals surface area (Å²) in [6.07, 6.45) is 3.10. The van der Waals surface area contributed by atoms with E-state index in [0.717, 1.165) is 49.6 Å². The van der Waals surface area contributed by atoms with Crippen molar-refractivity contribution in [1.29, 1.82) is 0 Å². The number of fused-ring (bicyclic) bond motifs is 1. The second kappa shape index (κ2) is 8.19. The normalized spacial score (nSPS) is 11.1. The van der Waals surface area contributed by atoms with Crippen LogP contribution in [0.2, 0.25) is 0 Å². The molecule has 1 aromatic carbocycles. The van der Waals surface area contributed by atoms with Crippen molar-refractivity contribution in [3.05, 3.63) is 30.0 Å². The average Bonchev–Trinajstić information content (AvgIpc) is 2.88. The third-order valence-electron chi connectivity index (χ3n) is 3.31. The van der Waals surface area contributed by atoms with Crippen LogP contribution in [0, 0.1) is 0 Å². The first-order valence-corrected chi connectivity index (χ1v) is 7.64. The Morgan fingerprint density at radius 1 is 1.15 bits per heavy atom. The Morgan fingerprint density at radius 3 is 2.70 bits per heavy atom. The number of nitrogens with one attached hydrogen (secondary N) is 3. The zero-order valence-electron chi connectivity index (χ0n) is 11.9. The summed E-state index contributed by atoms with van der Waals surface area (Å²) in [6.45, 7) is 3.92. The summed E-state index contributed by atoms with van der Waals surface area (Å²) in [5.41, 5.74) is 2.49. The van der Waals surface area contributed by atoms with Gasteiger partial charge in [0.15, 0.2) is 0 Å². The van der Waals surface area contributed by atoms with Crippen LogP contribution in [0.4, 0.5) is 0 Å². The maximum absolute atomic E-state index is 5.28. The molecule has 0 unspecified atom stereocenters. The fourth-order valence-electron chi connectivity index (χ4n) is 2.22. The Morgan fingerprint density at radius 2 is 1.95 bits per heavy atom. The van der Waals surface area contributed by atoms with Crippen LogP contribution in [-0.2, 0) is 6.42 Å². The largest absolute Gasteiger partial charge is 0.497 e. The lowest BCUT2D eigenvalue weighted by atomic mass is 10.1. The second-order valence-corrected chi connectivity index (χ2v) is 5.15. The number of aromatic amines is 1. The number of thiol groups is 1. The number of ether oxygens (including phenoxy) is 1. The van der Waals surface area contributed by atoms with E-state index < -0.39 is 0 Å². The Kier molecular flexibility index (Phi) is 6.24. The molecule has 4 nitrogen and oxygen atoms in total. The average molecular weight is 293 g/mol. The van der Waals surface area contributed by atoms with Gasteiger partial charge in [-0.05, 0) is 36.7 Å². The van der Waals surface area contributed by atoms with Crippen molar-refractivity contribution in [1.82, 2.24) is 15.6 Å². The molecule has 2 rings (SSSR count). The fraction of sp³-hybridized carbons (Fsp3) is 0.467. The molecule has 0 atom stereocenters. The molecule has 0 aliphatic rings. The molecular weight excluding hydrogens is 270 g/mol. The Hall–Kier alpha value is -1.17. The quantitative estimate of drug-likeness (QED) is 0.421. The molecule has 0 aliphatic heterocycles. The van der Waals surface area contributed by atoms with Gasteiger partial charge in [-0.2, -0.15) is 12.6 Å². The standard InChI is InChI=1S/C15H23N3OS/c1-19-13-2-3-15-14(10-13)12(11-18-15)4-5-16-6-7-17-8-9-20/h2-3,10-11,16-18,20H,4-9H2,1H3. The molecule has 0 amide bonds. The molecule has 0 saturated heterocycles. The maximum atomic E-state index is 5.28. The summed E-state index contributed by atoms with van der Waals surface area (Å²) in [7, 11) is 1.70. The Balaban J connectivity index is 1.81. The zero-order valence-corrected chi connectivity index (χ0v) is 12.8. The smallest absolute Gasteiger partial charge is 0.119 e. The predicted octanol–water partition coefficient (Wildman–Crippen LogP) is 1.83. The summed E-state index contributed by atoms with van der Waals surface area (Å²) in [4.78, 5) is 3.30. The van der Waals surface area contributed by atoms with Gasteiger partial charge in [0, 0.05) is 42.5 Å². The fourth-order valence-corrected chi connectivity index (χ4v) is 2.38. The van der Waals surface area contributed by atoms with Gasteiger partial charge < -0.3 is 20.4 Å². The number of hydrogen-bond acceptors (Lipinski definition) is 4. The molecule has 0 aliphatic carbocycles. The van der Waals surface area contributed by atoms with Crippen molar-refractivity contribution in [3.8, 4) is 5.75 Å². The van der Waals surface area contributed by atoms with E-state index >= 15 is 0 Å². The summed E-state index contributed by atoms with van der Waals surface area (Å²) in [5, 5.41) is 8.00. The first-order valence-electron chi connectivity index (χ1n) is 7.01. The van der Waals surface area contributed by atoms with Gasteiger partial charge in [0.1, 0.15) is 5.75 Å². The number of hydrogen-bond donors (Lipinski definition) is 4. The predicted molar refractivity (Wildman–Crippen MR) is 88.1 cm³/mol. The van der Waals surface area contributed by atoms with Crippen molar-refractivity contribution in [3.63, 3.8) is 0 Å². The van der Waals surface area contributed by atoms with E-state index in [0.29, 0.717) is 0 Å². The molecule has 0 radical (unpaired) electrons. The number of methoxy groups -OCH3 is 1. The highest BCUT2D eigenvalue weighted by Gasteiger charge is 2.04. The molecule has 1 heterocycles. The maximum Gasteiger partial charge on any atom is 0.119 e. The van der Waals surface area contributed by atoms with Gasteiger partial charge in [-0.15, -0.1) is 0 Å². The van der Waals surface area contributed by atoms with Gasteiger partial charge in [-0.25, -0.2) is 0 Å². The monoisotopic (exact) mass is 293 g/mol. The molecule has 5 heteroatoms. The van der Waals surface area contributed by atoms with Crippen LogP contribution in [0.3, 0.4) is 0 Å². The van der Waals surface area contributed by atoms with Crippen LogP contribution >= 0.6 is 12.6 Å². The minimum Gasteiger partial charge on any atom is -0.497 e. The number of benzene rings is 1. The molecule has 1 aromatic heterocycles. The highest BCUT2D eigenvalue weighted by atomic mass is 32.1. The number of rotatable bonds is 9. The van der Waals surface area contributed by atoms with E-state index in [-0.39, 0.29) is 0 Å². The van der Waals surface area contributed by atoms with Crippen molar-refractivity contribution < 1.29 is 4.74 Å². The van der Waals surface area contributed by atoms with Crippen LogP contribution < -0.4 is 15.4 Å². The van der Waals surface area contributed by atoms with Crippen LogP contribution in [0.15, 0.2) is 24.4 Å². The van der Waals surface area contributed by atoms with Crippen LogP contribution in [0.1, 0.15) is 5.56 Å². The molecule has 110 valence electrons. The van der Waals surface area contributed by atoms with E-state index in [1.807, 2.05) is 6.07 Å². The van der Waals surface area contributed by atoms with E-state index in [1.165, 1.54) is 10.9 Å². The number of aromatic nitrogens is 1. The minimum absolute atomic E-state index is 0.886. The number of H-pyrrole nitrogens is 1. The molecular formula is C15H23N3OS. The molecule has 3 N–H and O–H groups in total. The Labute approximate surface area is 125 Å². The van der Waals surface area contributed by atoms with Gasteiger partial charge >= 0.3 is 0 Å². The minimum atomic E-state index is 0.886. The summed E-state index contributed by atoms with van der Waals surface area (Å²) < 4.78 is 5.28. The molecule has 0 saturated carbocycles. The van der Waals surface area contributed by atoms with Crippen molar-refractivity contribution >= 4 is 23.5 Å². The second-order valence-electron chi connectivity index (χ2n) is 4.70. The van der Waals surface area contributed by atoms with Crippen molar-refractivity contribution in [2.45, 2.75) is 6.42 Å². The highest BCUT2D eigenvalue weighted by Crippen LogP contribution is 2.23. The third-order valence-corrected chi connectivity index (χ3v) is 3.54. The van der Waals surface area contributed by atoms with Gasteiger partial charge in [0.25, 0.3) is 0 Å². The lowest BCUT2D eigenvalue weighted by molar-refractivity contribution is 0.415. The lowest BCUT2D eigenvalue weighted by Crippen LogP contribution is -2.29. The van der Waals surface area contributed by atoms with Crippen molar-refractivity contribution in [2.75, 3.05) is 39.0 Å². The molecule has 0 spiro atoms. The van der Waals surface area contributed by atoms with Crippen LogP contribution in [0.5, 0.6) is 5.75 Å². The highest BCUT2D eigenvalue weighted by molar-refractivity contribution is 7.80. The van der Waals surface area contributed by atoms with Crippen LogP contribution in [0.25, 0.3) is 10.9 Å². The van der Waals surface area contributed by atoms with Gasteiger partial charge in [-0.3, -0.25) is 0 Å². The van der Waals surface area contributed by atoms with E-state index in [4.69, 9.17) is 4.74 Å². The topological polar surface area (TPSA) is 49.1 Å². The molecule has 20 heavy (non-hydrogen) atoms. The molecule has 2 aromatic rings. The van der Waals surface area contributed by atoms with E-state index in [9.17, 15) is 0 Å². The molecule has 0 bridgehead atoms. The van der Waals surface area contributed by atoms with Gasteiger partial charge in [0.2, 0.25) is 0 Å². The summed E-state index contributed by atoms with van der Waals surface area (Å²) in [5.74, 6) is 1.79. The molecule has 0 fully saturated rings. The first-order chi connectivity index (χ1) is 9.85. The van der Waals surface area contributed by atoms with E-state index in [1.54, 1.807) is 7.11 Å². The van der Waals surface area contributed by atoms with Crippen LogP contribution in [-0.4, -0.2) is 44.0 Å². The lowest BCUT2D eigenvalue weighted by Gasteiger charge is -2.05.